The molecule has 2 heterocycles. The first-order chi connectivity index (χ1) is 10.2. The zero-order valence-corrected chi connectivity index (χ0v) is 12.4. The highest BCUT2D eigenvalue weighted by atomic mass is 16.1. The maximum Gasteiger partial charge on any atom is 0.224 e. The number of anilines is 1. The molecule has 0 aliphatic carbocycles. The molecule has 0 saturated carbocycles. The molecule has 1 saturated heterocycles. The van der Waals surface area contributed by atoms with E-state index in [0.717, 1.165) is 48.2 Å². The fourth-order valence-corrected chi connectivity index (χ4v) is 2.97. The molecule has 2 N–H and O–H groups in total. The monoisotopic (exact) mass is 283 g/mol. The lowest BCUT2D eigenvalue weighted by Gasteiger charge is -2.22. The number of para-hydroxylation sites is 1. The Morgan fingerprint density at radius 3 is 3.10 bits per heavy atom. The first-order valence-corrected chi connectivity index (χ1v) is 7.59. The molecule has 1 aromatic heterocycles. The van der Waals surface area contributed by atoms with Gasteiger partial charge in [-0.05, 0) is 50.9 Å². The number of nitrogens with one attached hydrogen (secondary N) is 2. The van der Waals surface area contributed by atoms with Crippen LogP contribution in [0.4, 0.5) is 5.69 Å². The van der Waals surface area contributed by atoms with E-state index < -0.39 is 0 Å². The Hall–Kier alpha value is -1.94. The number of amides is 1. The topological polar surface area (TPSA) is 54.0 Å². The van der Waals surface area contributed by atoms with E-state index in [0.29, 0.717) is 12.3 Å². The van der Waals surface area contributed by atoms with Gasteiger partial charge in [0.25, 0.3) is 0 Å². The number of fused-ring (bicyclic) bond motifs is 1. The van der Waals surface area contributed by atoms with Crippen LogP contribution < -0.4 is 10.6 Å². The highest BCUT2D eigenvalue weighted by Gasteiger charge is 2.17. The minimum Gasteiger partial charge on any atom is -0.325 e. The number of piperidine rings is 1. The number of nitrogens with zero attached hydrogens (tertiary/aromatic N) is 1. The number of rotatable bonds is 3. The van der Waals surface area contributed by atoms with Crippen LogP contribution in [0.15, 0.2) is 30.3 Å². The summed E-state index contributed by atoms with van der Waals surface area (Å²) in [6.07, 6.45) is 2.88. The van der Waals surface area contributed by atoms with Crippen LogP contribution in [0.5, 0.6) is 0 Å². The number of carbonyl (C=O) groups is 1. The van der Waals surface area contributed by atoms with Crippen LogP contribution in [0.25, 0.3) is 10.9 Å². The molecule has 110 valence electrons. The molecular weight excluding hydrogens is 262 g/mol. The van der Waals surface area contributed by atoms with Gasteiger partial charge in [0.2, 0.25) is 5.91 Å². The van der Waals surface area contributed by atoms with Crippen molar-refractivity contribution >= 4 is 22.5 Å². The second kappa shape index (κ2) is 6.22. The molecule has 0 radical (unpaired) electrons. The predicted octanol–water partition coefficient (Wildman–Crippen LogP) is 2.87. The first kappa shape index (κ1) is 14.0. The highest BCUT2D eigenvalue weighted by Crippen LogP contribution is 2.24. The van der Waals surface area contributed by atoms with E-state index in [4.69, 9.17) is 0 Å². The van der Waals surface area contributed by atoms with E-state index in [9.17, 15) is 4.79 Å². The van der Waals surface area contributed by atoms with Crippen molar-refractivity contribution in [1.29, 1.82) is 0 Å². The standard InChI is InChI=1S/C17H21N3O/c1-12-9-16(14-6-2-3-7-15(14)19-12)20-17(21)10-13-5-4-8-18-11-13/h2-3,6-7,9,13,18H,4-5,8,10-11H2,1H3,(H,19,20,21). The minimum absolute atomic E-state index is 0.0967. The van der Waals surface area contributed by atoms with Crippen molar-refractivity contribution in [1.82, 2.24) is 10.3 Å². The quantitative estimate of drug-likeness (QED) is 0.910. The molecule has 1 aromatic carbocycles. The van der Waals surface area contributed by atoms with Crippen molar-refractivity contribution in [3.8, 4) is 0 Å². The summed E-state index contributed by atoms with van der Waals surface area (Å²) in [7, 11) is 0. The zero-order valence-electron chi connectivity index (χ0n) is 12.4. The average Bonchev–Trinajstić information content (AvgIpc) is 2.48. The molecule has 0 spiro atoms. The number of hydrogen-bond acceptors (Lipinski definition) is 3. The number of hydrogen-bond donors (Lipinski definition) is 2. The lowest BCUT2D eigenvalue weighted by Crippen LogP contribution is -2.32. The van der Waals surface area contributed by atoms with Crippen molar-refractivity contribution in [2.75, 3.05) is 18.4 Å². The predicted molar refractivity (Wildman–Crippen MR) is 85.3 cm³/mol. The molecular formula is C17H21N3O. The van der Waals surface area contributed by atoms with Gasteiger partial charge >= 0.3 is 0 Å². The van der Waals surface area contributed by atoms with E-state index >= 15 is 0 Å². The third-order valence-corrected chi connectivity index (χ3v) is 3.99. The van der Waals surface area contributed by atoms with Gasteiger partial charge in [0.1, 0.15) is 0 Å². The lowest BCUT2D eigenvalue weighted by molar-refractivity contribution is -0.117. The summed E-state index contributed by atoms with van der Waals surface area (Å²) in [5.41, 5.74) is 2.71. The van der Waals surface area contributed by atoms with Gasteiger partial charge in [-0.3, -0.25) is 9.78 Å². The maximum atomic E-state index is 12.3. The van der Waals surface area contributed by atoms with Gasteiger partial charge in [-0.25, -0.2) is 0 Å². The van der Waals surface area contributed by atoms with Gasteiger partial charge < -0.3 is 10.6 Å². The number of carbonyl (C=O) groups excluding carboxylic acids is 1. The Bertz CT molecular complexity index is 648. The van der Waals surface area contributed by atoms with Crippen molar-refractivity contribution in [2.24, 2.45) is 5.92 Å². The van der Waals surface area contributed by atoms with Crippen LogP contribution in [-0.2, 0) is 4.79 Å². The summed E-state index contributed by atoms with van der Waals surface area (Å²) in [6.45, 7) is 3.98. The molecule has 3 rings (SSSR count). The Labute approximate surface area is 125 Å². The fraction of sp³-hybridized carbons (Fsp3) is 0.412. The molecule has 0 bridgehead atoms. The summed E-state index contributed by atoms with van der Waals surface area (Å²) < 4.78 is 0. The Morgan fingerprint density at radius 1 is 1.43 bits per heavy atom. The van der Waals surface area contributed by atoms with E-state index in [2.05, 4.69) is 15.6 Å². The van der Waals surface area contributed by atoms with Crippen LogP contribution in [-0.4, -0.2) is 24.0 Å². The summed E-state index contributed by atoms with van der Waals surface area (Å²) in [5, 5.41) is 7.42. The van der Waals surface area contributed by atoms with Gasteiger partial charge in [0.05, 0.1) is 11.2 Å². The van der Waals surface area contributed by atoms with Crippen molar-refractivity contribution in [2.45, 2.75) is 26.2 Å². The largest absolute Gasteiger partial charge is 0.325 e. The van der Waals surface area contributed by atoms with Gasteiger partial charge in [-0.1, -0.05) is 18.2 Å². The zero-order chi connectivity index (χ0) is 14.7. The summed E-state index contributed by atoms with van der Waals surface area (Å²) in [4.78, 5) is 16.8. The summed E-state index contributed by atoms with van der Waals surface area (Å²) in [5.74, 6) is 0.549. The van der Waals surface area contributed by atoms with Crippen molar-refractivity contribution in [3.63, 3.8) is 0 Å². The fourth-order valence-electron chi connectivity index (χ4n) is 2.97. The molecule has 21 heavy (non-hydrogen) atoms. The SMILES string of the molecule is Cc1cc(NC(=O)CC2CCCNC2)c2ccccc2n1. The summed E-state index contributed by atoms with van der Waals surface area (Å²) in [6, 6.07) is 9.86. The molecule has 1 amide bonds. The third-order valence-electron chi connectivity index (χ3n) is 3.99. The smallest absolute Gasteiger partial charge is 0.224 e. The maximum absolute atomic E-state index is 12.3. The van der Waals surface area contributed by atoms with Crippen LogP contribution >= 0.6 is 0 Å². The molecule has 1 fully saturated rings. The van der Waals surface area contributed by atoms with E-state index in [1.165, 1.54) is 0 Å². The Morgan fingerprint density at radius 2 is 2.29 bits per heavy atom. The number of pyridine rings is 1. The Kier molecular flexibility index (Phi) is 4.15. The molecule has 1 unspecified atom stereocenters. The molecule has 1 aliphatic rings. The van der Waals surface area contributed by atoms with Gasteiger partial charge in [-0.2, -0.15) is 0 Å². The second-order valence-corrected chi connectivity index (χ2v) is 5.79. The van der Waals surface area contributed by atoms with Gasteiger partial charge in [0, 0.05) is 17.5 Å². The van der Waals surface area contributed by atoms with Crippen molar-refractivity contribution < 1.29 is 4.79 Å². The number of aromatic nitrogens is 1. The molecule has 4 nitrogen and oxygen atoms in total. The van der Waals surface area contributed by atoms with Crippen LogP contribution in [0.3, 0.4) is 0 Å². The minimum atomic E-state index is 0.0967. The van der Waals surface area contributed by atoms with E-state index in [1.807, 2.05) is 37.3 Å². The molecule has 1 aliphatic heterocycles. The van der Waals surface area contributed by atoms with Crippen LogP contribution in [0.2, 0.25) is 0 Å². The first-order valence-electron chi connectivity index (χ1n) is 7.59. The molecule has 2 aromatic rings. The molecule has 1 atom stereocenters. The Balaban J connectivity index is 1.76. The lowest BCUT2D eigenvalue weighted by atomic mass is 9.96. The van der Waals surface area contributed by atoms with Gasteiger partial charge in [-0.15, -0.1) is 0 Å². The van der Waals surface area contributed by atoms with Crippen LogP contribution in [0.1, 0.15) is 25.0 Å². The molecule has 4 heteroatoms. The highest BCUT2D eigenvalue weighted by molar-refractivity contribution is 6.01. The average molecular weight is 283 g/mol. The number of aryl methyl sites for hydroxylation is 1. The normalized spacial score (nSPS) is 18.6. The van der Waals surface area contributed by atoms with E-state index in [1.54, 1.807) is 0 Å². The van der Waals surface area contributed by atoms with Crippen molar-refractivity contribution in [3.05, 3.63) is 36.0 Å². The van der Waals surface area contributed by atoms with Crippen LogP contribution in [0, 0.1) is 12.8 Å². The summed E-state index contributed by atoms with van der Waals surface area (Å²) >= 11 is 0. The third kappa shape index (κ3) is 3.39. The second-order valence-electron chi connectivity index (χ2n) is 5.79. The number of benzene rings is 1. The van der Waals surface area contributed by atoms with E-state index in [-0.39, 0.29) is 5.91 Å². The van der Waals surface area contributed by atoms with Gasteiger partial charge in [0.15, 0.2) is 0 Å².